The number of benzene rings is 1. The minimum atomic E-state index is -4.36. The second kappa shape index (κ2) is 6.66. The molecule has 0 N–H and O–H groups in total. The van der Waals surface area contributed by atoms with Crippen LogP contribution in [0.4, 0.5) is 13.2 Å². The Labute approximate surface area is 137 Å². The van der Waals surface area contributed by atoms with Gasteiger partial charge < -0.3 is 0 Å². The summed E-state index contributed by atoms with van der Waals surface area (Å²) in [5.74, 6) is -0.177. The van der Waals surface area contributed by atoms with E-state index in [9.17, 15) is 18.0 Å². The second-order valence-corrected chi connectivity index (χ2v) is 8.48. The van der Waals surface area contributed by atoms with Crippen molar-refractivity contribution in [2.45, 2.75) is 60.6 Å². The molecule has 130 valence electrons. The maximum atomic E-state index is 12.9. The highest BCUT2D eigenvalue weighted by molar-refractivity contribution is 5.86. The molecule has 0 aromatic heterocycles. The van der Waals surface area contributed by atoms with Crippen molar-refractivity contribution in [1.82, 2.24) is 0 Å². The van der Waals surface area contributed by atoms with Crippen LogP contribution in [0.15, 0.2) is 24.3 Å². The van der Waals surface area contributed by atoms with Crippen LogP contribution in [0.1, 0.15) is 59.1 Å². The summed E-state index contributed by atoms with van der Waals surface area (Å²) < 4.78 is 38.6. The van der Waals surface area contributed by atoms with Crippen molar-refractivity contribution in [2.75, 3.05) is 0 Å². The van der Waals surface area contributed by atoms with E-state index in [0.717, 1.165) is 12.1 Å². The van der Waals surface area contributed by atoms with E-state index < -0.39 is 17.2 Å². The van der Waals surface area contributed by atoms with Crippen LogP contribution >= 0.6 is 0 Å². The topological polar surface area (TPSA) is 17.1 Å². The molecule has 0 amide bonds. The molecule has 0 saturated carbocycles. The zero-order chi connectivity index (χ0) is 18.1. The van der Waals surface area contributed by atoms with Gasteiger partial charge in [-0.25, -0.2) is 0 Å². The van der Waals surface area contributed by atoms with E-state index in [4.69, 9.17) is 0 Å². The van der Waals surface area contributed by atoms with Crippen molar-refractivity contribution >= 4 is 5.78 Å². The van der Waals surface area contributed by atoms with E-state index in [1.165, 1.54) is 6.07 Å². The van der Waals surface area contributed by atoms with Gasteiger partial charge >= 0.3 is 6.18 Å². The van der Waals surface area contributed by atoms with E-state index in [1.54, 1.807) is 6.07 Å². The van der Waals surface area contributed by atoms with Crippen molar-refractivity contribution in [3.63, 3.8) is 0 Å². The van der Waals surface area contributed by atoms with E-state index in [2.05, 4.69) is 0 Å². The van der Waals surface area contributed by atoms with Crippen molar-refractivity contribution in [3.05, 3.63) is 35.4 Å². The van der Waals surface area contributed by atoms with Gasteiger partial charge in [-0.3, -0.25) is 4.79 Å². The van der Waals surface area contributed by atoms with Gasteiger partial charge in [0.2, 0.25) is 0 Å². The average Bonchev–Trinajstić information content (AvgIpc) is 2.33. The van der Waals surface area contributed by atoms with Crippen LogP contribution in [0.2, 0.25) is 0 Å². The third kappa shape index (κ3) is 6.36. The van der Waals surface area contributed by atoms with E-state index in [0.29, 0.717) is 18.4 Å². The van der Waals surface area contributed by atoms with Crippen LogP contribution in [0.3, 0.4) is 0 Å². The van der Waals surface area contributed by atoms with Crippen molar-refractivity contribution < 1.29 is 18.0 Å². The van der Waals surface area contributed by atoms with Crippen LogP contribution in [0.5, 0.6) is 0 Å². The number of hydrogen-bond acceptors (Lipinski definition) is 1. The van der Waals surface area contributed by atoms with Gasteiger partial charge in [0.05, 0.1) is 5.56 Å². The molecule has 1 unspecified atom stereocenters. The fourth-order valence-corrected chi connectivity index (χ4v) is 2.77. The highest BCUT2D eigenvalue weighted by Gasteiger charge is 2.34. The van der Waals surface area contributed by atoms with Crippen molar-refractivity contribution in [1.29, 1.82) is 0 Å². The monoisotopic (exact) mass is 328 g/mol. The third-order valence-electron chi connectivity index (χ3n) is 3.71. The Hall–Kier alpha value is -1.32. The summed E-state index contributed by atoms with van der Waals surface area (Å²) in [4.78, 5) is 12.7. The van der Waals surface area contributed by atoms with Crippen LogP contribution in [-0.2, 0) is 17.4 Å². The summed E-state index contributed by atoms with van der Waals surface area (Å²) in [6.07, 6.45) is -3.36. The largest absolute Gasteiger partial charge is 0.416 e. The first-order valence-corrected chi connectivity index (χ1v) is 7.90. The van der Waals surface area contributed by atoms with E-state index in [1.807, 2.05) is 41.5 Å². The zero-order valence-corrected chi connectivity index (χ0v) is 14.8. The van der Waals surface area contributed by atoms with Crippen LogP contribution in [0.25, 0.3) is 0 Å². The van der Waals surface area contributed by atoms with Crippen LogP contribution < -0.4 is 0 Å². The molecule has 1 nitrogen and oxygen atoms in total. The van der Waals surface area contributed by atoms with Gasteiger partial charge in [0, 0.05) is 11.3 Å². The lowest BCUT2D eigenvalue weighted by Gasteiger charge is -2.30. The van der Waals surface area contributed by atoms with Gasteiger partial charge in [-0.15, -0.1) is 0 Å². The summed E-state index contributed by atoms with van der Waals surface area (Å²) in [6, 6.07) is 5.30. The summed E-state index contributed by atoms with van der Waals surface area (Å²) >= 11 is 0. The van der Waals surface area contributed by atoms with Crippen molar-refractivity contribution in [3.8, 4) is 0 Å². The molecule has 0 spiro atoms. The summed E-state index contributed by atoms with van der Waals surface area (Å²) in [5.41, 5.74) is -0.662. The predicted molar refractivity (Wildman–Crippen MR) is 87.2 cm³/mol. The van der Waals surface area contributed by atoms with Gasteiger partial charge in [-0.1, -0.05) is 59.7 Å². The predicted octanol–water partition coefficient (Wildman–Crippen LogP) is 5.92. The highest BCUT2D eigenvalue weighted by Crippen LogP contribution is 2.34. The minimum absolute atomic E-state index is 0.0623. The first-order valence-electron chi connectivity index (χ1n) is 7.90. The molecule has 0 radical (unpaired) electrons. The zero-order valence-electron chi connectivity index (χ0n) is 14.8. The molecular formula is C19H27F3O. The smallest absolute Gasteiger partial charge is 0.299 e. The van der Waals surface area contributed by atoms with Crippen LogP contribution in [-0.4, -0.2) is 5.78 Å². The molecule has 1 rings (SSSR count). The number of halogens is 3. The standard InChI is InChI=1S/C19H27F3O/c1-17(2,3)12-14(16(23)18(4,5)6)10-13-8-7-9-15(11-13)19(20,21)22/h7-9,11,14H,10,12H2,1-6H3. The summed E-state index contributed by atoms with van der Waals surface area (Å²) in [6.45, 7) is 11.7. The first kappa shape index (κ1) is 19.7. The number of rotatable bonds is 4. The molecule has 0 aliphatic heterocycles. The molecule has 0 aliphatic carbocycles. The van der Waals surface area contributed by atoms with Crippen LogP contribution in [0, 0.1) is 16.7 Å². The lowest BCUT2D eigenvalue weighted by atomic mass is 9.73. The Morgan fingerprint density at radius 3 is 2.04 bits per heavy atom. The molecule has 0 aliphatic rings. The Kier molecular flexibility index (Phi) is 5.71. The van der Waals surface area contributed by atoms with Gasteiger partial charge in [0.25, 0.3) is 0 Å². The number of carbonyl (C=O) groups is 1. The number of hydrogen-bond donors (Lipinski definition) is 0. The molecule has 0 saturated heterocycles. The van der Waals surface area contributed by atoms with E-state index in [-0.39, 0.29) is 17.1 Å². The molecule has 1 aromatic carbocycles. The van der Waals surface area contributed by atoms with Gasteiger partial charge in [0.1, 0.15) is 5.78 Å². The SMILES string of the molecule is CC(C)(C)CC(Cc1cccc(C(F)(F)F)c1)C(=O)C(C)(C)C. The molecule has 0 fully saturated rings. The van der Waals surface area contributed by atoms with Gasteiger partial charge in [0.15, 0.2) is 0 Å². The van der Waals surface area contributed by atoms with Gasteiger partial charge in [-0.05, 0) is 29.9 Å². The Bertz CT molecular complexity index is 545. The molecule has 0 bridgehead atoms. The Morgan fingerprint density at radius 2 is 1.61 bits per heavy atom. The fourth-order valence-electron chi connectivity index (χ4n) is 2.77. The second-order valence-electron chi connectivity index (χ2n) is 8.48. The first-order chi connectivity index (χ1) is 10.2. The maximum absolute atomic E-state index is 12.9. The fraction of sp³-hybridized carbons (Fsp3) is 0.632. The molecule has 23 heavy (non-hydrogen) atoms. The van der Waals surface area contributed by atoms with Crippen molar-refractivity contribution in [2.24, 2.45) is 16.7 Å². The quantitative estimate of drug-likeness (QED) is 0.671. The molecule has 1 atom stereocenters. The lowest BCUT2D eigenvalue weighted by Crippen LogP contribution is -2.32. The summed E-state index contributed by atoms with van der Waals surface area (Å²) in [5, 5.41) is 0. The maximum Gasteiger partial charge on any atom is 0.416 e. The number of alkyl halides is 3. The third-order valence-corrected chi connectivity index (χ3v) is 3.71. The van der Waals surface area contributed by atoms with Gasteiger partial charge in [-0.2, -0.15) is 13.2 Å². The molecule has 1 aromatic rings. The molecular weight excluding hydrogens is 301 g/mol. The lowest BCUT2D eigenvalue weighted by molar-refractivity contribution is -0.137. The highest BCUT2D eigenvalue weighted by atomic mass is 19.4. The average molecular weight is 328 g/mol. The Balaban J connectivity index is 3.09. The molecule has 4 heteroatoms. The number of carbonyl (C=O) groups excluding carboxylic acids is 1. The summed E-state index contributed by atoms with van der Waals surface area (Å²) in [7, 11) is 0. The Morgan fingerprint density at radius 1 is 1.04 bits per heavy atom. The van der Waals surface area contributed by atoms with E-state index >= 15 is 0 Å². The number of Topliss-reactive ketones (excluding diaryl/α,β-unsaturated/α-hetero) is 1. The normalized spacial score (nSPS) is 14.7. The number of ketones is 1. The molecule has 0 heterocycles. The minimum Gasteiger partial charge on any atom is -0.299 e.